The fourth-order valence-electron chi connectivity index (χ4n) is 1.95. The third-order valence-electron chi connectivity index (χ3n) is 2.70. The summed E-state index contributed by atoms with van der Waals surface area (Å²) in [6, 6.07) is 3.07. The van der Waals surface area contributed by atoms with E-state index in [1.165, 1.54) is 6.07 Å². The van der Waals surface area contributed by atoms with Gasteiger partial charge in [0.15, 0.2) is 11.6 Å². The Morgan fingerprint density at radius 3 is 2.87 bits per heavy atom. The number of hydrogen-bond acceptors (Lipinski definition) is 3. The molecule has 4 heteroatoms. The van der Waals surface area contributed by atoms with Gasteiger partial charge in [-0.15, -0.1) is 0 Å². The minimum Gasteiger partial charge on any atom is -0.485 e. The maximum Gasteiger partial charge on any atom is 0.165 e. The van der Waals surface area contributed by atoms with E-state index >= 15 is 0 Å². The Labute approximate surface area is 88.1 Å². The molecule has 0 bridgehead atoms. The minimum atomic E-state index is -0.317. The van der Waals surface area contributed by atoms with E-state index in [-0.39, 0.29) is 18.0 Å². The van der Waals surface area contributed by atoms with Gasteiger partial charge in [-0.1, -0.05) is 6.07 Å². The lowest BCUT2D eigenvalue weighted by molar-refractivity contribution is 0.0334. The Morgan fingerprint density at radius 2 is 2.20 bits per heavy atom. The van der Waals surface area contributed by atoms with Gasteiger partial charge in [0.1, 0.15) is 6.10 Å². The second-order valence-electron chi connectivity index (χ2n) is 3.73. The molecule has 2 rings (SSSR count). The number of aryl methyl sites for hydroxylation is 1. The molecule has 0 amide bonds. The average Bonchev–Trinajstić information content (AvgIpc) is 2.53. The van der Waals surface area contributed by atoms with Crippen molar-refractivity contribution in [3.05, 3.63) is 29.1 Å². The number of fused-ring (bicyclic) bond motifs is 1. The molecule has 1 N–H and O–H groups in total. The Morgan fingerprint density at radius 1 is 1.47 bits per heavy atom. The molecule has 0 aliphatic carbocycles. The van der Waals surface area contributed by atoms with E-state index in [0.29, 0.717) is 5.75 Å². The highest BCUT2D eigenvalue weighted by Gasteiger charge is 2.34. The third-order valence-corrected chi connectivity index (χ3v) is 2.70. The average molecular weight is 211 g/mol. The molecule has 3 nitrogen and oxygen atoms in total. The molecule has 2 atom stereocenters. The monoisotopic (exact) mass is 211 g/mol. The van der Waals surface area contributed by atoms with E-state index in [4.69, 9.17) is 9.57 Å². The minimum absolute atomic E-state index is 0.110. The van der Waals surface area contributed by atoms with Gasteiger partial charge >= 0.3 is 0 Å². The van der Waals surface area contributed by atoms with Crippen LogP contribution in [0.4, 0.5) is 4.39 Å². The van der Waals surface area contributed by atoms with Crippen molar-refractivity contribution < 1.29 is 14.0 Å². The molecule has 1 heterocycles. The summed E-state index contributed by atoms with van der Waals surface area (Å²) < 4.78 is 18.9. The Kier molecular flexibility index (Phi) is 2.63. The van der Waals surface area contributed by atoms with E-state index in [1.807, 2.05) is 13.8 Å². The molecular formula is C11H14FNO2. The van der Waals surface area contributed by atoms with Gasteiger partial charge in [-0.3, -0.25) is 0 Å². The summed E-state index contributed by atoms with van der Waals surface area (Å²) in [4.78, 5) is 4.90. The van der Waals surface area contributed by atoms with Crippen molar-refractivity contribution in [3.8, 4) is 5.75 Å². The van der Waals surface area contributed by atoms with Gasteiger partial charge in [0.2, 0.25) is 0 Å². The normalized spacial score (nSPS) is 23.7. The zero-order valence-corrected chi connectivity index (χ0v) is 9.00. The van der Waals surface area contributed by atoms with Crippen LogP contribution >= 0.6 is 0 Å². The van der Waals surface area contributed by atoms with Crippen molar-refractivity contribution in [2.45, 2.75) is 26.0 Å². The van der Waals surface area contributed by atoms with Crippen molar-refractivity contribution in [2.75, 3.05) is 7.11 Å². The quantitative estimate of drug-likeness (QED) is 0.760. The van der Waals surface area contributed by atoms with Crippen LogP contribution in [-0.4, -0.2) is 13.2 Å². The maximum atomic E-state index is 13.5. The highest BCUT2D eigenvalue weighted by atomic mass is 19.1. The molecule has 1 aromatic carbocycles. The van der Waals surface area contributed by atoms with Gasteiger partial charge in [0.05, 0.1) is 13.2 Å². The topological polar surface area (TPSA) is 30.5 Å². The van der Waals surface area contributed by atoms with E-state index in [9.17, 15) is 4.39 Å². The van der Waals surface area contributed by atoms with Crippen LogP contribution in [0.2, 0.25) is 0 Å². The predicted molar refractivity (Wildman–Crippen MR) is 54.1 cm³/mol. The molecule has 15 heavy (non-hydrogen) atoms. The first kappa shape index (κ1) is 10.4. The van der Waals surface area contributed by atoms with Gasteiger partial charge in [-0.25, -0.2) is 4.39 Å². The molecule has 1 aromatic rings. The second kappa shape index (κ2) is 3.79. The van der Waals surface area contributed by atoms with Crippen LogP contribution in [0.1, 0.15) is 24.1 Å². The van der Waals surface area contributed by atoms with Gasteiger partial charge < -0.3 is 9.57 Å². The van der Waals surface area contributed by atoms with Gasteiger partial charge in [0, 0.05) is 5.56 Å². The van der Waals surface area contributed by atoms with Gasteiger partial charge in [-0.2, -0.15) is 5.48 Å². The standard InChI is InChI=1S/C11H14FNO2/c1-6-4-5-8(12)11-9(6)10(13-14-3)7(2)15-11/h4-5,7,10,13H,1-3H3. The number of hydrogen-bond donors (Lipinski definition) is 1. The summed E-state index contributed by atoms with van der Waals surface area (Å²) in [5.74, 6) is 0.0277. The molecule has 82 valence electrons. The second-order valence-corrected chi connectivity index (χ2v) is 3.73. The Hall–Kier alpha value is -1.13. The number of halogens is 1. The molecular weight excluding hydrogens is 197 g/mol. The summed E-state index contributed by atoms with van der Waals surface area (Å²) in [6.07, 6.45) is -0.129. The Balaban J connectivity index is 2.47. The zero-order chi connectivity index (χ0) is 11.0. The van der Waals surface area contributed by atoms with E-state index < -0.39 is 0 Å². The summed E-state index contributed by atoms with van der Waals surface area (Å²) in [7, 11) is 1.54. The number of ether oxygens (including phenoxy) is 1. The molecule has 0 fully saturated rings. The van der Waals surface area contributed by atoms with Crippen LogP contribution in [-0.2, 0) is 4.84 Å². The number of nitrogens with one attached hydrogen (secondary N) is 1. The van der Waals surface area contributed by atoms with Crippen LogP contribution in [0, 0.1) is 12.7 Å². The number of hydroxylamine groups is 1. The van der Waals surface area contributed by atoms with E-state index in [1.54, 1.807) is 13.2 Å². The Bertz CT molecular complexity index is 381. The summed E-state index contributed by atoms with van der Waals surface area (Å²) in [5.41, 5.74) is 4.68. The lowest BCUT2D eigenvalue weighted by Crippen LogP contribution is -2.28. The van der Waals surface area contributed by atoms with Crippen molar-refractivity contribution >= 4 is 0 Å². The highest BCUT2D eigenvalue weighted by Crippen LogP contribution is 2.40. The van der Waals surface area contributed by atoms with Crippen LogP contribution in [0.5, 0.6) is 5.75 Å². The van der Waals surface area contributed by atoms with Crippen LogP contribution in [0.25, 0.3) is 0 Å². The van der Waals surface area contributed by atoms with Crippen molar-refractivity contribution in [1.29, 1.82) is 0 Å². The lowest BCUT2D eigenvalue weighted by Gasteiger charge is -2.15. The van der Waals surface area contributed by atoms with Crippen molar-refractivity contribution in [1.82, 2.24) is 5.48 Å². The molecule has 0 radical (unpaired) electrons. The molecule has 0 saturated heterocycles. The van der Waals surface area contributed by atoms with E-state index in [2.05, 4.69) is 5.48 Å². The van der Waals surface area contributed by atoms with Crippen molar-refractivity contribution in [2.24, 2.45) is 0 Å². The lowest BCUT2D eigenvalue weighted by atomic mass is 10.00. The summed E-state index contributed by atoms with van der Waals surface area (Å²) >= 11 is 0. The van der Waals surface area contributed by atoms with Gasteiger partial charge in [-0.05, 0) is 25.5 Å². The predicted octanol–water partition coefficient (Wildman–Crippen LogP) is 2.11. The molecule has 2 unspecified atom stereocenters. The smallest absolute Gasteiger partial charge is 0.165 e. The first-order chi connectivity index (χ1) is 7.15. The largest absolute Gasteiger partial charge is 0.485 e. The third kappa shape index (κ3) is 1.60. The van der Waals surface area contributed by atoms with Crippen molar-refractivity contribution in [3.63, 3.8) is 0 Å². The highest BCUT2D eigenvalue weighted by molar-refractivity contribution is 5.46. The number of benzene rings is 1. The molecule has 0 spiro atoms. The van der Waals surface area contributed by atoms with Crippen LogP contribution < -0.4 is 10.2 Å². The maximum absolute atomic E-state index is 13.5. The molecule has 1 aliphatic rings. The summed E-state index contributed by atoms with van der Waals surface area (Å²) in [6.45, 7) is 3.82. The first-order valence-electron chi connectivity index (χ1n) is 4.89. The zero-order valence-electron chi connectivity index (χ0n) is 9.00. The van der Waals surface area contributed by atoms with E-state index in [0.717, 1.165) is 11.1 Å². The molecule has 0 saturated carbocycles. The first-order valence-corrected chi connectivity index (χ1v) is 4.89. The molecule has 0 aromatic heterocycles. The molecule has 1 aliphatic heterocycles. The fourth-order valence-corrected chi connectivity index (χ4v) is 1.95. The summed E-state index contributed by atoms with van der Waals surface area (Å²) in [5, 5.41) is 0. The number of rotatable bonds is 2. The van der Waals surface area contributed by atoms with Gasteiger partial charge in [0.25, 0.3) is 0 Å². The van der Waals surface area contributed by atoms with Crippen LogP contribution in [0.15, 0.2) is 12.1 Å². The SMILES string of the molecule is CONC1c2c(C)ccc(F)c2OC1C. The van der Waals surface area contributed by atoms with Crippen LogP contribution in [0.3, 0.4) is 0 Å². The fraction of sp³-hybridized carbons (Fsp3) is 0.455.